The van der Waals surface area contributed by atoms with E-state index in [1.54, 1.807) is 32.0 Å². The predicted molar refractivity (Wildman–Crippen MR) is 114 cm³/mol. The van der Waals surface area contributed by atoms with Crippen molar-refractivity contribution in [2.75, 3.05) is 6.61 Å². The largest absolute Gasteiger partial charge is 0.505 e. The van der Waals surface area contributed by atoms with Gasteiger partial charge in [0, 0.05) is 21.7 Å². The maximum Gasteiger partial charge on any atom is 0.313 e. The van der Waals surface area contributed by atoms with Gasteiger partial charge in [-0.25, -0.2) is 4.39 Å². The summed E-state index contributed by atoms with van der Waals surface area (Å²) in [5.41, 5.74) is 1.30. The van der Waals surface area contributed by atoms with Crippen molar-refractivity contribution in [2.24, 2.45) is 0 Å². The van der Waals surface area contributed by atoms with Gasteiger partial charge < -0.3 is 9.84 Å². The molecule has 0 bridgehead atoms. The number of ether oxygens (including phenoxy) is 1. The van der Waals surface area contributed by atoms with Gasteiger partial charge in [-0.15, -0.1) is 0 Å². The van der Waals surface area contributed by atoms with Crippen LogP contribution in [0.1, 0.15) is 54.2 Å². The summed E-state index contributed by atoms with van der Waals surface area (Å²) in [6.07, 6.45) is 1.60. The van der Waals surface area contributed by atoms with Gasteiger partial charge >= 0.3 is 5.97 Å². The number of carbonyl (C=O) groups is 2. The quantitative estimate of drug-likeness (QED) is 0.408. The topological polar surface area (TPSA) is 68.5 Å². The van der Waals surface area contributed by atoms with Crippen LogP contribution in [0.25, 0.3) is 10.9 Å². The van der Waals surface area contributed by atoms with Crippen LogP contribution < -0.4 is 0 Å². The van der Waals surface area contributed by atoms with E-state index < -0.39 is 29.4 Å². The van der Waals surface area contributed by atoms with Crippen molar-refractivity contribution < 1.29 is 23.8 Å². The number of benzene rings is 2. The van der Waals surface area contributed by atoms with Gasteiger partial charge in [0.05, 0.1) is 18.0 Å². The third-order valence-corrected chi connectivity index (χ3v) is 5.37. The Morgan fingerprint density at radius 1 is 1.27 bits per heavy atom. The summed E-state index contributed by atoms with van der Waals surface area (Å²) in [4.78, 5) is 25.8. The molecule has 1 atom stereocenters. The number of unbranched alkanes of at least 4 members (excludes halogenated alkanes) is 1. The first-order valence-corrected chi connectivity index (χ1v) is 10.1. The van der Waals surface area contributed by atoms with Crippen molar-refractivity contribution >= 4 is 34.4 Å². The Balaban J connectivity index is 2.18. The van der Waals surface area contributed by atoms with E-state index in [-0.39, 0.29) is 17.5 Å². The van der Waals surface area contributed by atoms with Crippen molar-refractivity contribution in [2.45, 2.75) is 39.5 Å². The molecule has 3 rings (SSSR count). The van der Waals surface area contributed by atoms with Crippen molar-refractivity contribution in [3.63, 3.8) is 0 Å². The van der Waals surface area contributed by atoms with Crippen LogP contribution in [0.3, 0.4) is 0 Å². The van der Waals surface area contributed by atoms with E-state index in [1.807, 2.05) is 6.92 Å². The van der Waals surface area contributed by atoms with E-state index in [0.29, 0.717) is 21.8 Å². The highest BCUT2D eigenvalue weighted by Crippen LogP contribution is 2.37. The number of aromatic nitrogens is 1. The molecule has 0 aliphatic heterocycles. The van der Waals surface area contributed by atoms with Gasteiger partial charge in [0.2, 0.25) is 0 Å². The Bertz CT molecular complexity index is 1120. The molecule has 2 aromatic carbocycles. The molecule has 1 unspecified atom stereocenters. The molecule has 3 aromatic rings. The lowest BCUT2D eigenvalue weighted by Crippen LogP contribution is -2.17. The van der Waals surface area contributed by atoms with Crippen molar-refractivity contribution in [1.29, 1.82) is 0 Å². The molecule has 0 aliphatic carbocycles. The first-order chi connectivity index (χ1) is 14.3. The minimum atomic E-state index is -0.878. The molecule has 0 amide bonds. The molecule has 1 heterocycles. The van der Waals surface area contributed by atoms with Crippen LogP contribution in [0.5, 0.6) is 5.75 Å². The molecular weight excluding hydrogens is 409 g/mol. The number of fused-ring (bicyclic) bond motifs is 1. The van der Waals surface area contributed by atoms with Crippen LogP contribution in [0.2, 0.25) is 5.02 Å². The fourth-order valence-electron chi connectivity index (χ4n) is 3.58. The molecule has 0 spiro atoms. The number of nitrogens with zero attached hydrogens (tertiary/aromatic N) is 1. The molecular formula is C23H23ClFNO4. The number of rotatable bonds is 6. The fourth-order valence-corrected chi connectivity index (χ4v) is 3.77. The lowest BCUT2D eigenvalue weighted by Gasteiger charge is -2.13. The average molecular weight is 432 g/mol. The van der Waals surface area contributed by atoms with Gasteiger partial charge in [0.15, 0.2) is 11.6 Å². The van der Waals surface area contributed by atoms with Gasteiger partial charge in [-0.05, 0) is 56.2 Å². The number of phenols is 1. The summed E-state index contributed by atoms with van der Waals surface area (Å²) in [5.74, 6) is -3.18. The van der Waals surface area contributed by atoms with E-state index in [4.69, 9.17) is 16.3 Å². The third kappa shape index (κ3) is 3.92. The first kappa shape index (κ1) is 21.8. The highest BCUT2D eigenvalue weighted by Gasteiger charge is 2.30. The lowest BCUT2D eigenvalue weighted by molar-refractivity contribution is -0.145. The Morgan fingerprint density at radius 3 is 2.67 bits per heavy atom. The second kappa shape index (κ2) is 8.88. The number of hydrogen-bond acceptors (Lipinski definition) is 4. The summed E-state index contributed by atoms with van der Waals surface area (Å²) >= 11 is 6.02. The Hall–Kier alpha value is -2.86. The Kier molecular flexibility index (Phi) is 6.46. The zero-order valence-electron chi connectivity index (χ0n) is 17.0. The SMILES string of the molecule is CCCCOC(=O)C(C)c1c(C)n(C(=O)c2cccc(Cl)c2)c2ccc(O)c(F)c12. The maximum atomic E-state index is 15.0. The van der Waals surface area contributed by atoms with E-state index in [1.165, 1.54) is 22.8 Å². The summed E-state index contributed by atoms with van der Waals surface area (Å²) < 4.78 is 21.6. The van der Waals surface area contributed by atoms with Crippen LogP contribution in [-0.2, 0) is 9.53 Å². The number of esters is 1. The number of phenolic OH excluding ortho intramolecular Hbond substituents is 1. The average Bonchev–Trinajstić information content (AvgIpc) is 3.02. The maximum absolute atomic E-state index is 15.0. The molecule has 0 saturated carbocycles. The summed E-state index contributed by atoms with van der Waals surface area (Å²) in [6.45, 7) is 5.50. The molecule has 0 saturated heterocycles. The number of aromatic hydroxyl groups is 1. The van der Waals surface area contributed by atoms with Crippen molar-refractivity contribution in [1.82, 2.24) is 4.57 Å². The van der Waals surface area contributed by atoms with Gasteiger partial charge in [-0.2, -0.15) is 0 Å². The highest BCUT2D eigenvalue weighted by atomic mass is 35.5. The van der Waals surface area contributed by atoms with Gasteiger partial charge in [0.25, 0.3) is 5.91 Å². The highest BCUT2D eigenvalue weighted by molar-refractivity contribution is 6.31. The summed E-state index contributed by atoms with van der Waals surface area (Å²) in [6, 6.07) is 9.08. The minimum absolute atomic E-state index is 0.0304. The van der Waals surface area contributed by atoms with E-state index >= 15 is 0 Å². The third-order valence-electron chi connectivity index (χ3n) is 5.14. The van der Waals surface area contributed by atoms with Crippen LogP contribution in [0.15, 0.2) is 36.4 Å². The Labute approximate surface area is 179 Å². The Morgan fingerprint density at radius 2 is 2.00 bits per heavy atom. The van der Waals surface area contributed by atoms with Gasteiger partial charge in [-0.1, -0.05) is 31.0 Å². The predicted octanol–water partition coefficient (Wildman–Crippen LogP) is 5.58. The lowest BCUT2D eigenvalue weighted by atomic mass is 9.97. The van der Waals surface area contributed by atoms with Crippen molar-refractivity contribution in [3.8, 4) is 5.75 Å². The number of hydrogen-bond donors (Lipinski definition) is 1. The zero-order chi connectivity index (χ0) is 22.0. The van der Waals surface area contributed by atoms with Crippen LogP contribution >= 0.6 is 11.6 Å². The zero-order valence-corrected chi connectivity index (χ0v) is 17.8. The standard InChI is InChI=1S/C23H23ClFNO4/c1-4-5-11-30-23(29)13(2)19-14(3)26(17-9-10-18(27)21(25)20(17)19)22(28)15-7-6-8-16(24)12-15/h6-10,12-13,27H,4-5,11H2,1-3H3. The second-order valence-corrected chi connectivity index (χ2v) is 7.62. The number of carbonyl (C=O) groups excluding carboxylic acids is 2. The normalized spacial score (nSPS) is 12.2. The molecule has 0 aliphatic rings. The molecule has 0 radical (unpaired) electrons. The second-order valence-electron chi connectivity index (χ2n) is 7.19. The molecule has 0 fully saturated rings. The summed E-state index contributed by atoms with van der Waals surface area (Å²) in [5, 5.41) is 10.4. The molecule has 7 heteroatoms. The summed E-state index contributed by atoms with van der Waals surface area (Å²) in [7, 11) is 0. The molecule has 1 aromatic heterocycles. The minimum Gasteiger partial charge on any atom is -0.505 e. The van der Waals surface area contributed by atoms with E-state index in [2.05, 4.69) is 0 Å². The van der Waals surface area contributed by atoms with E-state index in [9.17, 15) is 19.1 Å². The molecule has 30 heavy (non-hydrogen) atoms. The molecule has 5 nitrogen and oxygen atoms in total. The van der Waals surface area contributed by atoms with E-state index in [0.717, 1.165) is 12.8 Å². The first-order valence-electron chi connectivity index (χ1n) is 9.77. The number of halogens is 2. The molecule has 1 N–H and O–H groups in total. The molecule has 158 valence electrons. The fraction of sp³-hybridized carbons (Fsp3) is 0.304. The van der Waals surface area contributed by atoms with Crippen molar-refractivity contribution in [3.05, 3.63) is 64.1 Å². The van der Waals surface area contributed by atoms with Gasteiger partial charge in [0.1, 0.15) is 0 Å². The van der Waals surface area contributed by atoms with Crippen LogP contribution in [0.4, 0.5) is 4.39 Å². The van der Waals surface area contributed by atoms with Crippen LogP contribution in [-0.4, -0.2) is 28.2 Å². The van der Waals surface area contributed by atoms with Gasteiger partial charge in [-0.3, -0.25) is 14.2 Å². The smallest absolute Gasteiger partial charge is 0.313 e. The van der Waals surface area contributed by atoms with Crippen LogP contribution in [0, 0.1) is 12.7 Å². The monoisotopic (exact) mass is 431 g/mol.